The van der Waals surface area contributed by atoms with Crippen molar-refractivity contribution in [2.45, 2.75) is 50.7 Å². The molecule has 3 aromatic rings. The number of nitrogens with one attached hydrogen (secondary N) is 3. The number of carbonyl (C=O) groups excluding carboxylic acids is 2. The number of amides is 3. The second-order valence-electron chi connectivity index (χ2n) is 8.21. The van der Waals surface area contributed by atoms with Crippen LogP contribution in [0.4, 0.5) is 4.79 Å². The first kappa shape index (κ1) is 21.5. The van der Waals surface area contributed by atoms with Crippen LogP contribution in [-0.2, 0) is 11.3 Å². The average Bonchev–Trinajstić information content (AvgIpc) is 3.52. The first-order valence-electron chi connectivity index (χ1n) is 10.9. The second kappa shape index (κ2) is 9.64. The molecule has 2 aromatic carbocycles. The lowest BCUT2D eigenvalue weighted by molar-refractivity contribution is -0.127. The Hall–Kier alpha value is -3.68. The highest BCUT2D eigenvalue weighted by Crippen LogP contribution is 2.31. The van der Waals surface area contributed by atoms with Gasteiger partial charge < -0.3 is 16.0 Å². The van der Waals surface area contributed by atoms with Crippen LogP contribution in [0.3, 0.4) is 0 Å². The molecule has 0 saturated heterocycles. The predicted molar refractivity (Wildman–Crippen MR) is 121 cm³/mol. The standard InChI is InChI=1S/C24H28N6O2/c1-18(20-9-11-21(12-10-20)30-17-25-16-27-30)28-22(31)24(13-5-6-14-24)29-23(32)26-15-19-7-3-2-4-8-19/h2-4,7-12,16-18H,5-6,13-15H2,1H3,(H,28,31)(H2,26,29,32)/t18-/m1/s1. The molecule has 1 fully saturated rings. The van der Waals surface area contributed by atoms with Gasteiger partial charge in [0.25, 0.3) is 0 Å². The van der Waals surface area contributed by atoms with E-state index in [4.69, 9.17) is 0 Å². The third-order valence-corrected chi connectivity index (χ3v) is 5.96. The number of carbonyl (C=O) groups is 2. The molecule has 1 saturated carbocycles. The van der Waals surface area contributed by atoms with Crippen molar-refractivity contribution in [2.75, 3.05) is 0 Å². The number of benzene rings is 2. The maximum absolute atomic E-state index is 13.2. The first-order valence-corrected chi connectivity index (χ1v) is 10.9. The van der Waals surface area contributed by atoms with Gasteiger partial charge in [-0.3, -0.25) is 4.79 Å². The van der Waals surface area contributed by atoms with Crippen molar-refractivity contribution in [1.82, 2.24) is 30.7 Å². The monoisotopic (exact) mass is 432 g/mol. The van der Waals surface area contributed by atoms with Gasteiger partial charge in [0.05, 0.1) is 11.7 Å². The van der Waals surface area contributed by atoms with Crippen LogP contribution in [0.25, 0.3) is 5.69 Å². The molecule has 4 rings (SSSR count). The Morgan fingerprint density at radius 3 is 2.44 bits per heavy atom. The van der Waals surface area contributed by atoms with E-state index in [1.54, 1.807) is 11.0 Å². The van der Waals surface area contributed by atoms with Crippen LogP contribution in [0.5, 0.6) is 0 Å². The van der Waals surface area contributed by atoms with Crippen LogP contribution in [0.15, 0.2) is 67.3 Å². The van der Waals surface area contributed by atoms with Crippen LogP contribution in [0.1, 0.15) is 49.8 Å². The Kier molecular flexibility index (Phi) is 6.49. The summed E-state index contributed by atoms with van der Waals surface area (Å²) in [6.07, 6.45) is 6.21. The highest BCUT2D eigenvalue weighted by molar-refractivity contribution is 5.91. The van der Waals surface area contributed by atoms with Gasteiger partial charge in [-0.25, -0.2) is 14.5 Å². The summed E-state index contributed by atoms with van der Waals surface area (Å²) in [6.45, 7) is 2.36. The minimum Gasteiger partial charge on any atom is -0.348 e. The molecule has 0 radical (unpaired) electrons. The van der Waals surface area contributed by atoms with Gasteiger partial charge >= 0.3 is 6.03 Å². The van der Waals surface area contributed by atoms with E-state index in [1.807, 2.05) is 61.5 Å². The number of hydrogen-bond donors (Lipinski definition) is 3. The Morgan fingerprint density at radius 1 is 1.06 bits per heavy atom. The van der Waals surface area contributed by atoms with E-state index in [9.17, 15) is 9.59 Å². The Labute approximate surface area is 187 Å². The summed E-state index contributed by atoms with van der Waals surface area (Å²) in [6, 6.07) is 17.0. The maximum atomic E-state index is 13.2. The molecule has 3 N–H and O–H groups in total. The fourth-order valence-corrected chi connectivity index (χ4v) is 4.10. The van der Waals surface area contributed by atoms with Gasteiger partial charge in [0, 0.05) is 6.54 Å². The van der Waals surface area contributed by atoms with E-state index >= 15 is 0 Å². The highest BCUT2D eigenvalue weighted by atomic mass is 16.2. The molecule has 0 spiro atoms. The molecule has 166 valence electrons. The summed E-state index contributed by atoms with van der Waals surface area (Å²) in [5.41, 5.74) is 2.00. The molecule has 0 aliphatic heterocycles. The Morgan fingerprint density at radius 2 is 1.78 bits per heavy atom. The largest absolute Gasteiger partial charge is 0.348 e. The zero-order valence-corrected chi connectivity index (χ0v) is 18.1. The fraction of sp³-hybridized carbons (Fsp3) is 0.333. The lowest BCUT2D eigenvalue weighted by Gasteiger charge is -2.30. The van der Waals surface area contributed by atoms with Crippen LogP contribution in [-0.4, -0.2) is 32.2 Å². The zero-order valence-electron chi connectivity index (χ0n) is 18.1. The van der Waals surface area contributed by atoms with Crippen LogP contribution in [0.2, 0.25) is 0 Å². The average molecular weight is 433 g/mol. The Balaban J connectivity index is 1.37. The van der Waals surface area contributed by atoms with Crippen molar-refractivity contribution < 1.29 is 9.59 Å². The van der Waals surface area contributed by atoms with Crippen molar-refractivity contribution in [2.24, 2.45) is 0 Å². The van der Waals surface area contributed by atoms with E-state index in [0.29, 0.717) is 19.4 Å². The van der Waals surface area contributed by atoms with Crippen LogP contribution in [0, 0.1) is 0 Å². The zero-order chi connectivity index (χ0) is 22.4. The summed E-state index contributed by atoms with van der Waals surface area (Å²) in [5, 5.41) is 13.1. The normalized spacial score (nSPS) is 15.7. The van der Waals surface area contributed by atoms with Gasteiger partial charge in [0.15, 0.2) is 0 Å². The molecule has 1 heterocycles. The molecule has 1 atom stereocenters. The molecule has 3 amide bonds. The number of nitrogens with zero attached hydrogens (tertiary/aromatic N) is 3. The lowest BCUT2D eigenvalue weighted by Crippen LogP contribution is -2.59. The minimum absolute atomic E-state index is 0.141. The minimum atomic E-state index is -0.879. The van der Waals surface area contributed by atoms with Crippen molar-refractivity contribution in [3.63, 3.8) is 0 Å². The molecule has 1 aromatic heterocycles. The van der Waals surface area contributed by atoms with Gasteiger partial charge in [0.1, 0.15) is 18.2 Å². The number of aromatic nitrogens is 3. The molecule has 0 unspecified atom stereocenters. The van der Waals surface area contributed by atoms with E-state index in [-0.39, 0.29) is 18.0 Å². The number of urea groups is 1. The molecule has 1 aliphatic rings. The van der Waals surface area contributed by atoms with E-state index in [0.717, 1.165) is 29.7 Å². The molecular formula is C24H28N6O2. The van der Waals surface area contributed by atoms with Crippen molar-refractivity contribution >= 4 is 11.9 Å². The molecular weight excluding hydrogens is 404 g/mol. The van der Waals surface area contributed by atoms with E-state index in [1.165, 1.54) is 6.33 Å². The second-order valence-corrected chi connectivity index (χ2v) is 8.21. The third kappa shape index (κ3) is 4.96. The molecule has 8 heteroatoms. The highest BCUT2D eigenvalue weighted by Gasteiger charge is 2.42. The van der Waals surface area contributed by atoms with Gasteiger partial charge in [-0.1, -0.05) is 55.3 Å². The first-order chi connectivity index (χ1) is 15.6. The van der Waals surface area contributed by atoms with Gasteiger partial charge in [-0.15, -0.1) is 0 Å². The molecule has 0 bridgehead atoms. The van der Waals surface area contributed by atoms with Gasteiger partial charge in [-0.2, -0.15) is 5.10 Å². The number of rotatable bonds is 7. The van der Waals surface area contributed by atoms with E-state index in [2.05, 4.69) is 26.0 Å². The SMILES string of the molecule is C[C@@H](NC(=O)C1(NC(=O)NCc2ccccc2)CCCC1)c1ccc(-n2cncn2)cc1. The quantitative estimate of drug-likeness (QED) is 0.533. The smallest absolute Gasteiger partial charge is 0.315 e. The summed E-state index contributed by atoms with van der Waals surface area (Å²) >= 11 is 0. The Bertz CT molecular complexity index is 1030. The van der Waals surface area contributed by atoms with E-state index < -0.39 is 5.54 Å². The molecule has 1 aliphatic carbocycles. The fourth-order valence-electron chi connectivity index (χ4n) is 4.10. The van der Waals surface area contributed by atoms with Crippen LogP contribution >= 0.6 is 0 Å². The van der Waals surface area contributed by atoms with Crippen LogP contribution < -0.4 is 16.0 Å². The van der Waals surface area contributed by atoms with Gasteiger partial charge in [-0.05, 0) is 43.0 Å². The topological polar surface area (TPSA) is 101 Å². The van der Waals surface area contributed by atoms with Crippen molar-refractivity contribution in [3.05, 3.63) is 78.4 Å². The third-order valence-electron chi connectivity index (χ3n) is 5.96. The summed E-state index contributed by atoms with van der Waals surface area (Å²) in [4.78, 5) is 29.8. The molecule has 8 nitrogen and oxygen atoms in total. The number of hydrogen-bond acceptors (Lipinski definition) is 4. The molecule has 32 heavy (non-hydrogen) atoms. The van der Waals surface area contributed by atoms with Crippen molar-refractivity contribution in [1.29, 1.82) is 0 Å². The maximum Gasteiger partial charge on any atom is 0.315 e. The summed E-state index contributed by atoms with van der Waals surface area (Å²) < 4.78 is 1.68. The lowest BCUT2D eigenvalue weighted by atomic mass is 9.95. The predicted octanol–water partition coefficient (Wildman–Crippen LogP) is 3.26. The van der Waals surface area contributed by atoms with Gasteiger partial charge in [0.2, 0.25) is 5.91 Å². The summed E-state index contributed by atoms with van der Waals surface area (Å²) in [7, 11) is 0. The summed E-state index contributed by atoms with van der Waals surface area (Å²) in [5.74, 6) is -0.141. The van der Waals surface area contributed by atoms with Crippen molar-refractivity contribution in [3.8, 4) is 5.69 Å².